The molecule has 0 unspecified atom stereocenters. The first-order chi connectivity index (χ1) is 17.6. The minimum Gasteiger partial charge on any atom is -0.457 e. The summed E-state index contributed by atoms with van der Waals surface area (Å²) in [7, 11) is 0. The van der Waals surface area contributed by atoms with Gasteiger partial charge in [-0.3, -0.25) is 10.1 Å². The predicted molar refractivity (Wildman–Crippen MR) is 136 cm³/mol. The Morgan fingerprint density at radius 2 is 1.17 bits per heavy atom. The van der Waals surface area contributed by atoms with Crippen LogP contribution in [0.25, 0.3) is 22.1 Å². The Morgan fingerprint density at radius 3 is 1.64 bits per heavy atom. The highest BCUT2D eigenvalue weighted by Gasteiger charge is 2.08. The Kier molecular flexibility index (Phi) is 6.14. The summed E-state index contributed by atoms with van der Waals surface area (Å²) in [6, 6.07) is 20.6. The van der Waals surface area contributed by atoms with Crippen LogP contribution >= 0.6 is 0 Å². The summed E-state index contributed by atoms with van der Waals surface area (Å²) >= 11 is 0. The van der Waals surface area contributed by atoms with Crippen molar-refractivity contribution in [1.82, 2.24) is 19.9 Å². The van der Waals surface area contributed by atoms with Gasteiger partial charge in [-0.1, -0.05) is 0 Å². The molecule has 4 heterocycles. The number of H-pyrrole nitrogens is 2. The molecule has 0 spiro atoms. The number of anilines is 1. The molecule has 0 aliphatic heterocycles. The maximum absolute atomic E-state index is 10.6. The molecule has 6 aromatic rings. The SMILES string of the molecule is Nc1ccc(Oc2ccnc3[nH]ccc23)cc1.O=[N+]([O-])c1ccc(Oc2ccnc3[nH]ccc23)cc1. The molecule has 0 bridgehead atoms. The zero-order valence-electron chi connectivity index (χ0n) is 18.8. The number of nitro benzene ring substituents is 1. The summed E-state index contributed by atoms with van der Waals surface area (Å²) in [4.78, 5) is 24.5. The van der Waals surface area contributed by atoms with Crippen molar-refractivity contribution in [2.45, 2.75) is 0 Å². The number of nitrogen functional groups attached to an aromatic ring is 1. The first kappa shape index (κ1) is 22.4. The number of fused-ring (bicyclic) bond motifs is 2. The number of non-ortho nitro benzene ring substituents is 1. The van der Waals surface area contributed by atoms with Gasteiger partial charge in [0.15, 0.2) is 0 Å². The normalized spacial score (nSPS) is 10.6. The first-order valence-corrected chi connectivity index (χ1v) is 10.9. The molecular weight excluding hydrogens is 460 g/mol. The molecule has 10 nitrogen and oxygen atoms in total. The lowest BCUT2D eigenvalue weighted by Gasteiger charge is -2.06. The van der Waals surface area contributed by atoms with Crippen molar-refractivity contribution in [3.63, 3.8) is 0 Å². The summed E-state index contributed by atoms with van der Waals surface area (Å²) < 4.78 is 11.5. The average Bonchev–Trinajstić information content (AvgIpc) is 3.57. The third-order valence-electron chi connectivity index (χ3n) is 5.22. The van der Waals surface area contributed by atoms with Gasteiger partial charge in [-0.2, -0.15) is 0 Å². The molecule has 0 radical (unpaired) electrons. The summed E-state index contributed by atoms with van der Waals surface area (Å²) in [5, 5.41) is 12.4. The van der Waals surface area contributed by atoms with E-state index in [1.807, 2.05) is 48.7 Å². The van der Waals surface area contributed by atoms with Crippen LogP contribution in [0.5, 0.6) is 23.0 Å². The molecule has 6 rings (SSSR count). The number of hydrogen-bond acceptors (Lipinski definition) is 7. The van der Waals surface area contributed by atoms with Crippen molar-refractivity contribution in [3.8, 4) is 23.0 Å². The summed E-state index contributed by atoms with van der Waals surface area (Å²) in [5.41, 5.74) is 7.93. The van der Waals surface area contributed by atoms with E-state index in [1.54, 1.807) is 36.8 Å². The molecule has 0 aliphatic carbocycles. The molecule has 36 heavy (non-hydrogen) atoms. The molecule has 0 saturated carbocycles. The lowest BCUT2D eigenvalue weighted by molar-refractivity contribution is -0.384. The fourth-order valence-corrected chi connectivity index (χ4v) is 3.47. The largest absolute Gasteiger partial charge is 0.457 e. The molecule has 178 valence electrons. The van der Waals surface area contributed by atoms with Gasteiger partial charge in [0.25, 0.3) is 5.69 Å². The van der Waals surface area contributed by atoms with Gasteiger partial charge >= 0.3 is 0 Å². The number of ether oxygens (including phenoxy) is 2. The Labute approximate surface area is 204 Å². The molecule has 2 aromatic carbocycles. The summed E-state index contributed by atoms with van der Waals surface area (Å²) in [5.74, 6) is 2.73. The van der Waals surface area contributed by atoms with Crippen LogP contribution in [0.2, 0.25) is 0 Å². The fraction of sp³-hybridized carbons (Fsp3) is 0. The number of nitrogens with zero attached hydrogens (tertiary/aromatic N) is 3. The minimum atomic E-state index is -0.444. The van der Waals surface area contributed by atoms with Crippen LogP contribution < -0.4 is 15.2 Å². The van der Waals surface area contributed by atoms with Crippen LogP contribution in [0, 0.1) is 10.1 Å². The molecular formula is C26H20N6O4. The van der Waals surface area contributed by atoms with Crippen molar-refractivity contribution in [2.75, 3.05) is 5.73 Å². The zero-order chi connectivity index (χ0) is 24.9. The highest BCUT2D eigenvalue weighted by atomic mass is 16.6. The highest BCUT2D eigenvalue weighted by Crippen LogP contribution is 2.30. The molecule has 0 aliphatic rings. The quantitative estimate of drug-likeness (QED) is 0.151. The van der Waals surface area contributed by atoms with Crippen LogP contribution in [0.1, 0.15) is 0 Å². The van der Waals surface area contributed by atoms with E-state index >= 15 is 0 Å². The first-order valence-electron chi connectivity index (χ1n) is 10.9. The Balaban J connectivity index is 0.000000149. The second-order valence-corrected chi connectivity index (χ2v) is 7.62. The van der Waals surface area contributed by atoms with Crippen molar-refractivity contribution in [1.29, 1.82) is 0 Å². The Morgan fingerprint density at radius 1 is 0.694 bits per heavy atom. The van der Waals surface area contributed by atoms with Crippen LogP contribution in [-0.4, -0.2) is 24.9 Å². The van der Waals surface area contributed by atoms with Crippen molar-refractivity contribution < 1.29 is 14.4 Å². The highest BCUT2D eigenvalue weighted by molar-refractivity contribution is 5.83. The molecule has 0 fully saturated rings. The number of nitrogens with one attached hydrogen (secondary N) is 2. The van der Waals surface area contributed by atoms with Crippen molar-refractivity contribution >= 4 is 33.4 Å². The van der Waals surface area contributed by atoms with E-state index in [9.17, 15) is 10.1 Å². The molecule has 10 heteroatoms. The van der Waals surface area contributed by atoms with Crippen LogP contribution in [0.3, 0.4) is 0 Å². The zero-order valence-corrected chi connectivity index (χ0v) is 18.8. The van der Waals surface area contributed by atoms with E-state index in [-0.39, 0.29) is 5.69 Å². The van der Waals surface area contributed by atoms with E-state index in [2.05, 4.69) is 19.9 Å². The number of aromatic amines is 2. The van der Waals surface area contributed by atoms with Gasteiger partial charge in [0, 0.05) is 42.6 Å². The third kappa shape index (κ3) is 4.92. The summed E-state index contributed by atoms with van der Waals surface area (Å²) in [6.07, 6.45) is 6.97. The van der Waals surface area contributed by atoms with Gasteiger partial charge in [0.2, 0.25) is 0 Å². The molecule has 0 atom stereocenters. The monoisotopic (exact) mass is 480 g/mol. The number of rotatable bonds is 5. The maximum Gasteiger partial charge on any atom is 0.269 e. The van der Waals surface area contributed by atoms with Crippen molar-refractivity contribution in [3.05, 3.63) is 108 Å². The number of hydrogen-bond donors (Lipinski definition) is 3. The Hall–Kier alpha value is -5.38. The second kappa shape index (κ2) is 9.85. The number of benzene rings is 2. The van der Waals surface area contributed by atoms with Crippen LogP contribution in [0.4, 0.5) is 11.4 Å². The smallest absolute Gasteiger partial charge is 0.269 e. The van der Waals surface area contributed by atoms with E-state index < -0.39 is 4.92 Å². The lowest BCUT2D eigenvalue weighted by Crippen LogP contribution is -1.89. The molecule has 0 saturated heterocycles. The minimum absolute atomic E-state index is 0.0360. The number of pyridine rings is 2. The molecule has 0 amide bonds. The third-order valence-corrected chi connectivity index (χ3v) is 5.22. The van der Waals surface area contributed by atoms with Crippen LogP contribution in [0.15, 0.2) is 97.6 Å². The van der Waals surface area contributed by atoms with Gasteiger partial charge in [-0.25, -0.2) is 9.97 Å². The lowest BCUT2D eigenvalue weighted by atomic mass is 10.3. The maximum atomic E-state index is 10.6. The number of nitrogens with two attached hydrogens (primary N) is 1. The topological polar surface area (TPSA) is 145 Å². The van der Waals surface area contributed by atoms with E-state index in [1.165, 1.54) is 12.1 Å². The molecule has 4 aromatic heterocycles. The average molecular weight is 480 g/mol. The van der Waals surface area contributed by atoms with E-state index in [4.69, 9.17) is 15.2 Å². The van der Waals surface area contributed by atoms with Gasteiger partial charge in [0.05, 0.1) is 15.7 Å². The van der Waals surface area contributed by atoms with E-state index in [0.29, 0.717) is 11.5 Å². The molecule has 4 N–H and O–H groups in total. The van der Waals surface area contributed by atoms with Gasteiger partial charge in [0.1, 0.15) is 34.3 Å². The summed E-state index contributed by atoms with van der Waals surface area (Å²) in [6.45, 7) is 0. The number of aromatic nitrogens is 4. The predicted octanol–water partition coefficient (Wildman–Crippen LogP) is 6.20. The van der Waals surface area contributed by atoms with Crippen molar-refractivity contribution in [2.24, 2.45) is 0 Å². The fourth-order valence-electron chi connectivity index (χ4n) is 3.47. The standard InChI is InChI=1S/C13H9N3O3.C13H11N3O/c17-16(18)9-1-3-10(4-2-9)19-12-6-8-15-13-11(12)5-7-14-13;14-9-1-3-10(4-2-9)17-12-6-8-16-13-11(12)5-7-15-13/h1-8H,(H,14,15);1-8H,14H2,(H,15,16). The van der Waals surface area contributed by atoms with Gasteiger partial charge in [-0.15, -0.1) is 0 Å². The Bertz CT molecular complexity index is 1620. The van der Waals surface area contributed by atoms with E-state index in [0.717, 1.165) is 39.3 Å². The van der Waals surface area contributed by atoms with Gasteiger partial charge in [-0.05, 0) is 60.7 Å². The van der Waals surface area contributed by atoms with Gasteiger partial charge < -0.3 is 25.2 Å². The second-order valence-electron chi connectivity index (χ2n) is 7.62. The number of nitro groups is 1. The van der Waals surface area contributed by atoms with Crippen LogP contribution in [-0.2, 0) is 0 Å².